The van der Waals surface area contributed by atoms with E-state index in [4.69, 9.17) is 10.5 Å². The smallest absolute Gasteiger partial charge is 0.0547 e. The van der Waals surface area contributed by atoms with Crippen molar-refractivity contribution in [3.8, 4) is 0 Å². The van der Waals surface area contributed by atoms with Crippen molar-refractivity contribution in [2.75, 3.05) is 32.8 Å². The van der Waals surface area contributed by atoms with Gasteiger partial charge in [0, 0.05) is 44.0 Å². The molecule has 100 valence electrons. The van der Waals surface area contributed by atoms with Crippen LogP contribution in [0.15, 0.2) is 24.5 Å². The fourth-order valence-electron chi connectivity index (χ4n) is 2.50. The van der Waals surface area contributed by atoms with Crippen LogP contribution in [-0.2, 0) is 11.3 Å². The maximum absolute atomic E-state index is 5.95. The summed E-state index contributed by atoms with van der Waals surface area (Å²) in [5.41, 5.74) is 7.41. The fraction of sp³-hybridized carbons (Fsp3) is 0.643. The fourth-order valence-corrected chi connectivity index (χ4v) is 2.50. The van der Waals surface area contributed by atoms with E-state index in [0.29, 0.717) is 6.54 Å². The van der Waals surface area contributed by atoms with Crippen LogP contribution in [0.5, 0.6) is 0 Å². The molecule has 0 aliphatic carbocycles. The first-order valence-electron chi connectivity index (χ1n) is 6.67. The van der Waals surface area contributed by atoms with E-state index in [9.17, 15) is 0 Å². The van der Waals surface area contributed by atoms with E-state index in [0.717, 1.165) is 39.3 Å². The van der Waals surface area contributed by atoms with Gasteiger partial charge in [0.2, 0.25) is 0 Å². The molecule has 2 rings (SSSR count). The summed E-state index contributed by atoms with van der Waals surface area (Å²) in [6, 6.07) is 4.14. The Labute approximate surface area is 109 Å². The van der Waals surface area contributed by atoms with Gasteiger partial charge in [0.25, 0.3) is 0 Å². The molecule has 0 amide bonds. The largest absolute Gasteiger partial charge is 0.381 e. The summed E-state index contributed by atoms with van der Waals surface area (Å²) in [7, 11) is 0. The van der Waals surface area contributed by atoms with E-state index in [1.807, 2.05) is 12.4 Å². The Bertz CT molecular complexity index is 349. The maximum atomic E-state index is 5.95. The number of hydrogen-bond donors (Lipinski definition) is 1. The van der Waals surface area contributed by atoms with Crippen molar-refractivity contribution in [3.63, 3.8) is 0 Å². The molecule has 1 unspecified atom stereocenters. The molecule has 2 N–H and O–H groups in total. The Morgan fingerprint density at radius 1 is 1.44 bits per heavy atom. The normalized spacial score (nSPS) is 23.7. The van der Waals surface area contributed by atoms with Crippen molar-refractivity contribution in [3.05, 3.63) is 30.1 Å². The summed E-state index contributed by atoms with van der Waals surface area (Å²) < 4.78 is 5.53. The summed E-state index contributed by atoms with van der Waals surface area (Å²) in [6.07, 6.45) is 4.78. The highest BCUT2D eigenvalue weighted by Gasteiger charge is 2.34. The van der Waals surface area contributed by atoms with Crippen molar-refractivity contribution < 1.29 is 4.74 Å². The van der Waals surface area contributed by atoms with Gasteiger partial charge in [-0.1, -0.05) is 6.92 Å². The number of rotatable bonds is 6. The van der Waals surface area contributed by atoms with E-state index in [1.54, 1.807) is 0 Å². The topological polar surface area (TPSA) is 51.4 Å². The van der Waals surface area contributed by atoms with Crippen LogP contribution < -0.4 is 5.73 Å². The number of hydrogen-bond acceptors (Lipinski definition) is 4. The van der Waals surface area contributed by atoms with Crippen LogP contribution >= 0.6 is 0 Å². The zero-order valence-corrected chi connectivity index (χ0v) is 11.1. The van der Waals surface area contributed by atoms with Gasteiger partial charge in [-0.3, -0.25) is 9.88 Å². The van der Waals surface area contributed by atoms with Crippen LogP contribution in [0.4, 0.5) is 0 Å². The monoisotopic (exact) mass is 249 g/mol. The average molecular weight is 249 g/mol. The zero-order chi connectivity index (χ0) is 12.8. The predicted octanol–water partition coefficient (Wildman–Crippen LogP) is 1.27. The second kappa shape index (κ2) is 6.27. The van der Waals surface area contributed by atoms with Crippen molar-refractivity contribution in [2.45, 2.75) is 19.9 Å². The van der Waals surface area contributed by atoms with E-state index >= 15 is 0 Å². The lowest BCUT2D eigenvalue weighted by atomic mass is 9.86. The van der Waals surface area contributed by atoms with Crippen molar-refractivity contribution >= 4 is 0 Å². The lowest BCUT2D eigenvalue weighted by Gasteiger charge is -2.32. The van der Waals surface area contributed by atoms with Crippen LogP contribution in [0.3, 0.4) is 0 Å². The highest BCUT2D eigenvalue weighted by atomic mass is 16.5. The molecule has 1 aromatic heterocycles. The van der Waals surface area contributed by atoms with E-state index in [1.165, 1.54) is 5.56 Å². The third-order valence-corrected chi connectivity index (χ3v) is 3.78. The third-order valence-electron chi connectivity index (χ3n) is 3.78. The van der Waals surface area contributed by atoms with E-state index < -0.39 is 0 Å². The first-order valence-corrected chi connectivity index (χ1v) is 6.67. The molecular weight excluding hydrogens is 226 g/mol. The standard InChI is InChI=1S/C14H23N3O/c1-2-17(9-13-3-6-16-7-4-13)11-14(10-15)5-8-18-12-14/h3-4,6-7H,2,5,8-12,15H2,1H3. The molecule has 1 aliphatic rings. The first kappa shape index (κ1) is 13.5. The number of nitrogens with two attached hydrogens (primary N) is 1. The van der Waals surface area contributed by atoms with Gasteiger partial charge in [0.1, 0.15) is 0 Å². The molecular formula is C14H23N3O. The zero-order valence-electron chi connectivity index (χ0n) is 11.1. The Balaban J connectivity index is 1.96. The third kappa shape index (κ3) is 3.28. The summed E-state index contributed by atoms with van der Waals surface area (Å²) in [5, 5.41) is 0. The molecule has 18 heavy (non-hydrogen) atoms. The van der Waals surface area contributed by atoms with Crippen LogP contribution in [0.1, 0.15) is 18.9 Å². The molecule has 2 heterocycles. The second-order valence-corrected chi connectivity index (χ2v) is 5.17. The van der Waals surface area contributed by atoms with Crippen molar-refractivity contribution in [1.82, 2.24) is 9.88 Å². The predicted molar refractivity (Wildman–Crippen MR) is 72.1 cm³/mol. The SMILES string of the molecule is CCN(Cc1ccncc1)CC1(CN)CCOC1. The Hall–Kier alpha value is -0.970. The molecule has 0 saturated carbocycles. The molecule has 1 fully saturated rings. The van der Waals surface area contributed by atoms with Crippen LogP contribution in [-0.4, -0.2) is 42.7 Å². The first-order chi connectivity index (χ1) is 8.78. The number of ether oxygens (including phenoxy) is 1. The van der Waals surface area contributed by atoms with Gasteiger partial charge in [-0.05, 0) is 30.7 Å². The Morgan fingerprint density at radius 3 is 2.78 bits per heavy atom. The summed E-state index contributed by atoms with van der Waals surface area (Å²) in [6.45, 7) is 7.56. The lowest BCUT2D eigenvalue weighted by Crippen LogP contribution is -2.42. The van der Waals surface area contributed by atoms with Crippen LogP contribution in [0.2, 0.25) is 0 Å². The Kier molecular flexibility index (Phi) is 4.69. The molecule has 0 aromatic carbocycles. The lowest BCUT2D eigenvalue weighted by molar-refractivity contribution is 0.114. The molecule has 0 radical (unpaired) electrons. The van der Waals surface area contributed by atoms with Gasteiger partial charge in [-0.15, -0.1) is 0 Å². The van der Waals surface area contributed by atoms with Gasteiger partial charge in [0.05, 0.1) is 6.61 Å². The van der Waals surface area contributed by atoms with Gasteiger partial charge >= 0.3 is 0 Å². The number of nitrogens with zero attached hydrogens (tertiary/aromatic N) is 2. The molecule has 0 bridgehead atoms. The highest BCUT2D eigenvalue weighted by molar-refractivity contribution is 5.09. The second-order valence-electron chi connectivity index (χ2n) is 5.17. The molecule has 4 nitrogen and oxygen atoms in total. The molecule has 4 heteroatoms. The minimum atomic E-state index is 0.156. The maximum Gasteiger partial charge on any atom is 0.0547 e. The quantitative estimate of drug-likeness (QED) is 0.825. The van der Waals surface area contributed by atoms with E-state index in [2.05, 4.69) is 28.9 Å². The number of pyridine rings is 1. The minimum absolute atomic E-state index is 0.156. The molecule has 1 atom stereocenters. The van der Waals surface area contributed by atoms with Crippen molar-refractivity contribution in [2.24, 2.45) is 11.1 Å². The van der Waals surface area contributed by atoms with Gasteiger partial charge in [-0.2, -0.15) is 0 Å². The van der Waals surface area contributed by atoms with Gasteiger partial charge in [0.15, 0.2) is 0 Å². The van der Waals surface area contributed by atoms with Crippen LogP contribution in [0, 0.1) is 5.41 Å². The van der Waals surface area contributed by atoms with Gasteiger partial charge in [-0.25, -0.2) is 0 Å². The molecule has 1 aliphatic heterocycles. The van der Waals surface area contributed by atoms with E-state index in [-0.39, 0.29) is 5.41 Å². The summed E-state index contributed by atoms with van der Waals surface area (Å²) in [4.78, 5) is 6.49. The molecule has 1 aromatic rings. The minimum Gasteiger partial charge on any atom is -0.381 e. The highest BCUT2D eigenvalue weighted by Crippen LogP contribution is 2.28. The summed E-state index contributed by atoms with van der Waals surface area (Å²) in [5.74, 6) is 0. The Morgan fingerprint density at radius 2 is 2.22 bits per heavy atom. The van der Waals surface area contributed by atoms with Crippen LogP contribution in [0.25, 0.3) is 0 Å². The van der Waals surface area contributed by atoms with Gasteiger partial charge < -0.3 is 10.5 Å². The van der Waals surface area contributed by atoms with Crippen molar-refractivity contribution in [1.29, 1.82) is 0 Å². The molecule has 0 spiro atoms. The number of aromatic nitrogens is 1. The molecule has 1 saturated heterocycles. The average Bonchev–Trinajstić information content (AvgIpc) is 2.88. The summed E-state index contributed by atoms with van der Waals surface area (Å²) >= 11 is 0.